The summed E-state index contributed by atoms with van der Waals surface area (Å²) in [5, 5.41) is 4.05. The third-order valence-electron chi connectivity index (χ3n) is 12.0. The van der Waals surface area contributed by atoms with E-state index < -0.39 is 0 Å². The summed E-state index contributed by atoms with van der Waals surface area (Å²) in [5.74, 6) is 3.26. The predicted octanol–water partition coefficient (Wildman–Crippen LogP) is 14.0. The molecule has 0 amide bonds. The summed E-state index contributed by atoms with van der Waals surface area (Å²) >= 11 is 0. The van der Waals surface area contributed by atoms with Gasteiger partial charge >= 0.3 is 0 Å². The van der Waals surface area contributed by atoms with E-state index in [4.69, 9.17) is 28.9 Å². The van der Waals surface area contributed by atoms with Crippen LogP contribution in [-0.2, 0) is 0 Å². The molecule has 4 atom stereocenters. The van der Waals surface area contributed by atoms with Crippen molar-refractivity contribution in [2.75, 3.05) is 0 Å². The maximum atomic E-state index is 6.64. The molecule has 0 radical (unpaired) electrons. The highest BCUT2D eigenvalue weighted by molar-refractivity contribution is 6.13. The van der Waals surface area contributed by atoms with Gasteiger partial charge < -0.3 is 28.9 Å². The second kappa shape index (κ2) is 16.1. The van der Waals surface area contributed by atoms with Crippen molar-refractivity contribution in [2.45, 2.75) is 105 Å². The lowest BCUT2D eigenvalue weighted by molar-refractivity contribution is 0.218. The summed E-state index contributed by atoms with van der Waals surface area (Å²) in [6, 6.07) is 33.7. The molecule has 2 N–H and O–H groups in total. The Morgan fingerprint density at radius 2 is 0.750 bits per heavy atom. The predicted molar refractivity (Wildman–Crippen MR) is 246 cm³/mol. The Hall–Kier alpha value is -6.28. The highest BCUT2D eigenvalue weighted by atomic mass is 16.5. The fourth-order valence-corrected chi connectivity index (χ4v) is 8.14. The minimum absolute atomic E-state index is 0.0264. The van der Waals surface area contributed by atoms with Crippen LogP contribution in [-0.4, -0.2) is 44.4 Å². The number of aromatic amines is 2. The molecule has 0 saturated heterocycles. The van der Waals surface area contributed by atoms with Crippen LogP contribution in [0.1, 0.15) is 81.1 Å². The number of hydrogen-bond donors (Lipinski definition) is 2. The SMILES string of the molecule is CCC(C)Oc1cccc2c1-c1cc3[nH]c(cc4nc(cc5[nH]c(cc-2n1)c1c(OC(C)CC)cccc51)-c1c(OC(C)CC)cccc1-4)c1c(OC(C)CC)cccc31. The number of H-pyrrole nitrogens is 2. The molecule has 4 unspecified atom stereocenters. The van der Waals surface area contributed by atoms with Crippen molar-refractivity contribution in [2.24, 2.45) is 0 Å². The van der Waals surface area contributed by atoms with Crippen molar-refractivity contribution >= 4 is 43.6 Å². The Morgan fingerprint density at radius 3 is 1.13 bits per heavy atom. The van der Waals surface area contributed by atoms with Gasteiger partial charge in [0.05, 0.1) is 69.4 Å². The van der Waals surface area contributed by atoms with Crippen LogP contribution in [0.3, 0.4) is 0 Å². The van der Waals surface area contributed by atoms with Crippen molar-refractivity contribution < 1.29 is 18.9 Å². The molecule has 0 saturated carbocycles. The Morgan fingerprint density at radius 1 is 0.417 bits per heavy atom. The van der Waals surface area contributed by atoms with Crippen LogP contribution in [0.25, 0.3) is 88.6 Å². The molecule has 7 aromatic rings. The first-order valence-electron chi connectivity index (χ1n) is 21.7. The number of benzene rings is 4. The summed E-state index contributed by atoms with van der Waals surface area (Å²) < 4.78 is 26.6. The zero-order chi connectivity index (χ0) is 41.7. The molecule has 3 aromatic heterocycles. The quantitative estimate of drug-likeness (QED) is 0.128. The van der Waals surface area contributed by atoms with Crippen LogP contribution in [0, 0.1) is 0 Å². The molecule has 4 aromatic carbocycles. The first kappa shape index (κ1) is 39.2. The van der Waals surface area contributed by atoms with E-state index in [1.807, 2.05) is 0 Å². The molecule has 2 aliphatic heterocycles. The average Bonchev–Trinajstić information content (AvgIpc) is 4.00. The van der Waals surface area contributed by atoms with Crippen LogP contribution in [0.5, 0.6) is 23.0 Å². The van der Waals surface area contributed by atoms with E-state index in [1.54, 1.807) is 0 Å². The molecular formula is C52H54N4O4. The summed E-state index contributed by atoms with van der Waals surface area (Å²) in [5.41, 5.74) is 10.9. The molecule has 5 heterocycles. The number of nitrogens with zero attached hydrogens (tertiary/aromatic N) is 2. The zero-order valence-corrected chi connectivity index (χ0v) is 35.9. The second-order valence-electron chi connectivity index (χ2n) is 16.3. The van der Waals surface area contributed by atoms with Crippen LogP contribution < -0.4 is 18.9 Å². The maximum Gasteiger partial charge on any atom is 0.129 e. The molecule has 0 aliphatic carbocycles. The molecule has 8 heteroatoms. The largest absolute Gasteiger partial charge is 0.490 e. The minimum Gasteiger partial charge on any atom is -0.490 e. The number of aromatic nitrogens is 4. The van der Waals surface area contributed by atoms with Gasteiger partial charge in [-0.1, -0.05) is 76.2 Å². The highest BCUT2D eigenvalue weighted by Gasteiger charge is 2.26. The molecule has 60 heavy (non-hydrogen) atoms. The summed E-state index contributed by atoms with van der Waals surface area (Å²) in [6.07, 6.45) is 3.64. The van der Waals surface area contributed by atoms with Crippen molar-refractivity contribution in [3.63, 3.8) is 0 Å². The first-order valence-corrected chi connectivity index (χ1v) is 21.7. The Labute approximate surface area is 351 Å². The molecule has 8 nitrogen and oxygen atoms in total. The van der Waals surface area contributed by atoms with E-state index in [0.29, 0.717) is 0 Å². The lowest BCUT2D eigenvalue weighted by Gasteiger charge is -2.15. The van der Waals surface area contributed by atoms with E-state index in [9.17, 15) is 0 Å². The fourth-order valence-electron chi connectivity index (χ4n) is 8.14. The minimum atomic E-state index is 0.0264. The summed E-state index contributed by atoms with van der Waals surface area (Å²) in [4.78, 5) is 18.5. The van der Waals surface area contributed by atoms with Gasteiger partial charge in [0.25, 0.3) is 0 Å². The second-order valence-corrected chi connectivity index (χ2v) is 16.3. The van der Waals surface area contributed by atoms with E-state index in [1.165, 1.54) is 0 Å². The van der Waals surface area contributed by atoms with E-state index >= 15 is 0 Å². The van der Waals surface area contributed by atoms with Gasteiger partial charge in [0.2, 0.25) is 0 Å². The topological polar surface area (TPSA) is 94.3 Å². The standard InChI is InChI=1S/C52H54N4O4/c1-9-29(5)57-45-21-13-17-33-37-26-42-51-35(19-15-23-47(51)59-31(7)11-3)39(55-42)28-44-52-36(20-16-24-48(52)60-32(8)12-4)40(56-44)27-43-50-34(18-14-22-46(50)58-30(6)10-2)38(54-43)25-41(53-37)49(33)45/h13-32,53,56H,9-12H2,1-8H3. The highest BCUT2D eigenvalue weighted by Crippen LogP contribution is 2.47. The van der Waals surface area contributed by atoms with Gasteiger partial charge in [-0.2, -0.15) is 0 Å². The number of nitrogens with one attached hydrogen (secondary N) is 2. The van der Waals surface area contributed by atoms with Crippen LogP contribution >= 0.6 is 0 Å². The van der Waals surface area contributed by atoms with Gasteiger partial charge in [-0.25, -0.2) is 9.97 Å². The van der Waals surface area contributed by atoms with Gasteiger partial charge in [-0.15, -0.1) is 0 Å². The Balaban J connectivity index is 1.46. The lowest BCUT2D eigenvalue weighted by atomic mass is 10.0. The number of rotatable bonds is 12. The first-order chi connectivity index (χ1) is 29.2. The van der Waals surface area contributed by atoms with Gasteiger partial charge in [0.1, 0.15) is 23.0 Å². The van der Waals surface area contributed by atoms with E-state index in [-0.39, 0.29) is 24.4 Å². The molecule has 306 valence electrons. The number of ether oxygens (including phenoxy) is 4. The third kappa shape index (κ3) is 7.01. The average molecular weight is 799 g/mol. The monoisotopic (exact) mass is 798 g/mol. The van der Waals surface area contributed by atoms with Crippen LogP contribution in [0.4, 0.5) is 0 Å². The van der Waals surface area contributed by atoms with Crippen molar-refractivity contribution in [1.29, 1.82) is 0 Å². The van der Waals surface area contributed by atoms with Gasteiger partial charge in [-0.05, 0) is 102 Å². The van der Waals surface area contributed by atoms with Gasteiger partial charge in [-0.3, -0.25) is 0 Å². The van der Waals surface area contributed by atoms with E-state index in [0.717, 1.165) is 137 Å². The molecule has 2 aliphatic rings. The maximum absolute atomic E-state index is 6.64. The Kier molecular flexibility index (Phi) is 10.5. The lowest BCUT2D eigenvalue weighted by Crippen LogP contribution is -2.10. The molecule has 0 spiro atoms. The van der Waals surface area contributed by atoms with Crippen molar-refractivity contribution in [1.82, 2.24) is 19.9 Å². The van der Waals surface area contributed by atoms with Gasteiger partial charge in [0.15, 0.2) is 0 Å². The van der Waals surface area contributed by atoms with Gasteiger partial charge in [0, 0.05) is 43.7 Å². The third-order valence-corrected chi connectivity index (χ3v) is 12.0. The van der Waals surface area contributed by atoms with E-state index in [2.05, 4.69) is 162 Å². The van der Waals surface area contributed by atoms with Crippen molar-refractivity contribution in [3.8, 4) is 68.0 Å². The van der Waals surface area contributed by atoms with Crippen LogP contribution in [0.2, 0.25) is 0 Å². The summed E-state index contributed by atoms with van der Waals surface area (Å²) in [6.45, 7) is 17.0. The smallest absolute Gasteiger partial charge is 0.129 e. The normalized spacial score (nSPS) is 14.0. The fraction of sp³-hybridized carbons (Fsp3) is 0.308. The molecule has 0 fully saturated rings. The zero-order valence-electron chi connectivity index (χ0n) is 35.9. The molecule has 8 bridgehead atoms. The molecule has 9 rings (SSSR count). The van der Waals surface area contributed by atoms with Crippen molar-refractivity contribution in [3.05, 3.63) is 97.1 Å². The Bertz CT molecular complexity index is 2730. The summed E-state index contributed by atoms with van der Waals surface area (Å²) in [7, 11) is 0. The number of fused-ring (bicyclic) bond motifs is 20. The van der Waals surface area contributed by atoms with Crippen LogP contribution in [0.15, 0.2) is 97.1 Å². The number of hydrogen-bond acceptors (Lipinski definition) is 6. The molecular weight excluding hydrogens is 745 g/mol.